The number of nitrogens with zero attached hydrogens (tertiary/aromatic N) is 6. The number of aryl methyl sites for hydroxylation is 1. The number of fused-ring (bicyclic) bond motifs is 3. The first-order valence-corrected chi connectivity index (χ1v) is 5.86. The van der Waals surface area contributed by atoms with Gasteiger partial charge in [-0.15, -0.1) is 10.2 Å². The minimum absolute atomic E-state index is 0.355. The Balaban J connectivity index is 2.16. The van der Waals surface area contributed by atoms with Crippen LogP contribution in [-0.4, -0.2) is 40.2 Å². The molecule has 0 aliphatic rings. The van der Waals surface area contributed by atoms with Gasteiger partial charge in [0.05, 0.1) is 5.52 Å². The average molecular weight is 268 g/mol. The Morgan fingerprint density at radius 2 is 2.15 bits per heavy atom. The second-order valence-electron chi connectivity index (χ2n) is 4.35. The number of para-hydroxylation sites is 1. The van der Waals surface area contributed by atoms with E-state index in [1.807, 2.05) is 25.1 Å². The van der Waals surface area contributed by atoms with Gasteiger partial charge < -0.3 is 4.98 Å². The molecule has 20 heavy (non-hydrogen) atoms. The maximum atomic E-state index is 12.0. The van der Waals surface area contributed by atoms with Crippen LogP contribution in [0.4, 0.5) is 0 Å². The lowest BCUT2D eigenvalue weighted by atomic mass is 10.1. The van der Waals surface area contributed by atoms with Crippen molar-refractivity contribution in [2.75, 3.05) is 0 Å². The summed E-state index contributed by atoms with van der Waals surface area (Å²) in [6, 6.07) is 5.69. The molecule has 9 heteroatoms. The van der Waals surface area contributed by atoms with Crippen molar-refractivity contribution in [3.63, 3.8) is 0 Å². The number of hydrogen-bond donors (Lipinski definition) is 2. The van der Waals surface area contributed by atoms with Crippen molar-refractivity contribution in [2.24, 2.45) is 0 Å². The molecule has 2 N–H and O–H groups in total. The van der Waals surface area contributed by atoms with Crippen LogP contribution in [0.2, 0.25) is 0 Å². The number of H-pyrrole nitrogens is 2. The summed E-state index contributed by atoms with van der Waals surface area (Å²) >= 11 is 0. The van der Waals surface area contributed by atoms with E-state index in [1.54, 1.807) is 0 Å². The van der Waals surface area contributed by atoms with Crippen molar-refractivity contribution in [2.45, 2.75) is 6.92 Å². The van der Waals surface area contributed by atoms with Crippen LogP contribution in [0.1, 0.15) is 5.56 Å². The van der Waals surface area contributed by atoms with E-state index in [0.29, 0.717) is 22.8 Å². The first-order valence-electron chi connectivity index (χ1n) is 5.86. The van der Waals surface area contributed by atoms with Crippen LogP contribution >= 0.6 is 0 Å². The molecule has 3 aromatic heterocycles. The second-order valence-corrected chi connectivity index (χ2v) is 4.35. The van der Waals surface area contributed by atoms with Gasteiger partial charge in [-0.1, -0.05) is 12.1 Å². The molecule has 4 aromatic rings. The van der Waals surface area contributed by atoms with Crippen molar-refractivity contribution in [3.8, 4) is 11.6 Å². The van der Waals surface area contributed by atoms with Crippen LogP contribution in [0, 0.1) is 6.92 Å². The second kappa shape index (κ2) is 3.70. The van der Waals surface area contributed by atoms with Gasteiger partial charge in [0, 0.05) is 5.39 Å². The molecular formula is C11H8N8O. The fourth-order valence-corrected chi connectivity index (χ4v) is 2.17. The number of aromatic nitrogens is 8. The summed E-state index contributed by atoms with van der Waals surface area (Å²) in [7, 11) is 0. The summed E-state index contributed by atoms with van der Waals surface area (Å²) in [6.45, 7) is 1.91. The fourth-order valence-electron chi connectivity index (χ4n) is 2.17. The molecule has 1 aromatic carbocycles. The van der Waals surface area contributed by atoms with E-state index in [9.17, 15) is 4.79 Å². The molecule has 9 nitrogen and oxygen atoms in total. The SMILES string of the molecule is Cc1cccc2c1nc(=O)n1nc(-c3nnn[nH]3)[nH]c21. The first kappa shape index (κ1) is 10.8. The van der Waals surface area contributed by atoms with Gasteiger partial charge in [-0.25, -0.2) is 9.89 Å². The van der Waals surface area contributed by atoms with Gasteiger partial charge in [-0.3, -0.25) is 0 Å². The van der Waals surface area contributed by atoms with E-state index in [1.165, 1.54) is 4.52 Å². The summed E-state index contributed by atoms with van der Waals surface area (Å²) in [6.07, 6.45) is 0. The number of aromatic amines is 2. The number of rotatable bonds is 1. The zero-order valence-electron chi connectivity index (χ0n) is 10.3. The Kier molecular flexibility index (Phi) is 1.99. The Morgan fingerprint density at radius 1 is 1.25 bits per heavy atom. The molecule has 0 amide bonds. The van der Waals surface area contributed by atoms with Gasteiger partial charge in [-0.05, 0) is 29.0 Å². The van der Waals surface area contributed by atoms with E-state index in [4.69, 9.17) is 0 Å². The topological polar surface area (TPSA) is 118 Å². The highest BCUT2D eigenvalue weighted by Gasteiger charge is 2.14. The third kappa shape index (κ3) is 1.37. The molecule has 3 heterocycles. The van der Waals surface area contributed by atoms with Gasteiger partial charge in [0.15, 0.2) is 5.82 Å². The Labute approximate surface area is 110 Å². The van der Waals surface area contributed by atoms with Gasteiger partial charge in [0.25, 0.3) is 0 Å². The van der Waals surface area contributed by atoms with Crippen molar-refractivity contribution >= 4 is 16.6 Å². The van der Waals surface area contributed by atoms with E-state index < -0.39 is 5.69 Å². The molecule has 0 bridgehead atoms. The van der Waals surface area contributed by atoms with Crippen LogP contribution in [0.15, 0.2) is 23.0 Å². The summed E-state index contributed by atoms with van der Waals surface area (Å²) in [5.74, 6) is 0.733. The van der Waals surface area contributed by atoms with Gasteiger partial charge in [0.1, 0.15) is 5.65 Å². The van der Waals surface area contributed by atoms with Gasteiger partial charge in [0.2, 0.25) is 5.82 Å². The number of benzene rings is 1. The molecule has 0 radical (unpaired) electrons. The zero-order chi connectivity index (χ0) is 13.7. The smallest absolute Gasteiger partial charge is 0.319 e. The lowest BCUT2D eigenvalue weighted by molar-refractivity contribution is 0.880. The summed E-state index contributed by atoms with van der Waals surface area (Å²) in [5.41, 5.74) is 1.70. The van der Waals surface area contributed by atoms with Crippen LogP contribution in [-0.2, 0) is 0 Å². The van der Waals surface area contributed by atoms with Crippen molar-refractivity contribution < 1.29 is 0 Å². The van der Waals surface area contributed by atoms with Crippen molar-refractivity contribution in [1.29, 1.82) is 0 Å². The van der Waals surface area contributed by atoms with Gasteiger partial charge in [-0.2, -0.15) is 9.50 Å². The lowest BCUT2D eigenvalue weighted by Crippen LogP contribution is -2.17. The number of tetrazole rings is 1. The number of nitrogens with one attached hydrogen (secondary N) is 2. The molecule has 98 valence electrons. The standard InChI is InChI=1S/C11H8N8O/c1-5-3-2-4-6-7(5)12-11(20)19-10(6)13-8(16-19)9-14-17-18-15-9/h2-4H,1H3,(H,13,16)(H,14,15,17,18). The highest BCUT2D eigenvalue weighted by molar-refractivity contribution is 5.93. The molecular weight excluding hydrogens is 260 g/mol. The highest BCUT2D eigenvalue weighted by atomic mass is 16.1. The molecule has 0 aliphatic heterocycles. The summed E-state index contributed by atoms with van der Waals surface area (Å²) in [4.78, 5) is 19.1. The zero-order valence-corrected chi connectivity index (χ0v) is 10.3. The number of hydrogen-bond acceptors (Lipinski definition) is 6. The monoisotopic (exact) mass is 268 g/mol. The first-order chi connectivity index (χ1) is 9.74. The molecule has 4 rings (SSSR count). The third-order valence-corrected chi connectivity index (χ3v) is 3.10. The Morgan fingerprint density at radius 3 is 2.95 bits per heavy atom. The van der Waals surface area contributed by atoms with Crippen LogP contribution in [0.25, 0.3) is 28.2 Å². The van der Waals surface area contributed by atoms with E-state index in [0.717, 1.165) is 10.9 Å². The fraction of sp³-hybridized carbons (Fsp3) is 0.0909. The average Bonchev–Trinajstić information content (AvgIpc) is 3.08. The molecule has 0 saturated carbocycles. The van der Waals surface area contributed by atoms with E-state index >= 15 is 0 Å². The molecule has 0 spiro atoms. The highest BCUT2D eigenvalue weighted by Crippen LogP contribution is 2.19. The molecule has 0 saturated heterocycles. The minimum Gasteiger partial charge on any atom is -0.319 e. The quantitative estimate of drug-likeness (QED) is 0.504. The van der Waals surface area contributed by atoms with E-state index in [2.05, 4.69) is 35.7 Å². The Bertz CT molecular complexity index is 981. The Hall–Kier alpha value is -3.10. The molecule has 0 aliphatic carbocycles. The summed E-state index contributed by atoms with van der Waals surface area (Å²) < 4.78 is 1.21. The molecule has 0 fully saturated rings. The lowest BCUT2D eigenvalue weighted by Gasteiger charge is -2.00. The van der Waals surface area contributed by atoms with Crippen LogP contribution in [0.5, 0.6) is 0 Å². The predicted molar refractivity (Wildman–Crippen MR) is 69.0 cm³/mol. The van der Waals surface area contributed by atoms with Crippen molar-refractivity contribution in [3.05, 3.63) is 34.2 Å². The minimum atomic E-state index is -0.447. The third-order valence-electron chi connectivity index (χ3n) is 3.10. The van der Waals surface area contributed by atoms with Crippen molar-refractivity contribution in [1.82, 2.24) is 40.2 Å². The van der Waals surface area contributed by atoms with Crippen LogP contribution in [0.3, 0.4) is 0 Å². The van der Waals surface area contributed by atoms with Gasteiger partial charge >= 0.3 is 5.69 Å². The maximum Gasteiger partial charge on any atom is 0.370 e. The maximum absolute atomic E-state index is 12.0. The molecule has 0 atom stereocenters. The van der Waals surface area contributed by atoms with E-state index in [-0.39, 0.29) is 0 Å². The molecule has 0 unspecified atom stereocenters. The summed E-state index contributed by atoms with van der Waals surface area (Å²) in [5, 5.41) is 18.3. The largest absolute Gasteiger partial charge is 0.370 e. The normalized spacial score (nSPS) is 11.4. The van der Waals surface area contributed by atoms with Crippen LogP contribution < -0.4 is 5.69 Å². The predicted octanol–water partition coefficient (Wildman–Crippen LogP) is 0.0593.